The number of H-pyrrole nitrogens is 1. The van der Waals surface area contributed by atoms with Gasteiger partial charge in [0.05, 0.1) is 11.1 Å². The molecule has 16 heteroatoms. The van der Waals surface area contributed by atoms with Gasteiger partial charge in [-0.25, -0.2) is 9.97 Å². The number of piperazine rings is 1. The van der Waals surface area contributed by atoms with Gasteiger partial charge in [0, 0.05) is 86.6 Å². The minimum absolute atomic E-state index is 0.120. The number of aromatic amines is 1. The van der Waals surface area contributed by atoms with E-state index < -0.39 is 18.1 Å². The minimum Gasteiger partial charge on any atom is -0.358 e. The molecule has 0 spiro atoms. The van der Waals surface area contributed by atoms with Gasteiger partial charge in [0.1, 0.15) is 22.9 Å². The number of unbranched alkanes of at least 4 members (excludes halogenated alkanes) is 1. The normalized spacial score (nSPS) is 19.7. The van der Waals surface area contributed by atoms with Gasteiger partial charge in [-0.3, -0.25) is 14.4 Å². The van der Waals surface area contributed by atoms with E-state index in [-0.39, 0.29) is 30.7 Å². The highest BCUT2D eigenvalue weighted by Gasteiger charge is 2.34. The summed E-state index contributed by atoms with van der Waals surface area (Å²) in [5.74, 6) is -0.113. The number of hydrogen-bond acceptors (Lipinski definition) is 11. The average Bonchev–Trinajstić information content (AvgIpc) is 3.61. The molecule has 8 N–H and O–H groups in total. The zero-order valence-corrected chi connectivity index (χ0v) is 38.0. The molecule has 5 aromatic rings. The third-order valence-corrected chi connectivity index (χ3v) is 13.8. The predicted octanol–water partition coefficient (Wildman–Crippen LogP) is 5.00. The van der Waals surface area contributed by atoms with E-state index in [1.807, 2.05) is 61.7 Å². The second-order valence-corrected chi connectivity index (χ2v) is 18.0. The number of nitrogens with zero attached hydrogens (tertiary/aromatic N) is 5. The molecule has 5 heterocycles. The van der Waals surface area contributed by atoms with Crippen LogP contribution in [0.2, 0.25) is 5.02 Å². The first-order valence-electron chi connectivity index (χ1n) is 21.9. The van der Waals surface area contributed by atoms with Crippen LogP contribution >= 0.6 is 23.4 Å². The van der Waals surface area contributed by atoms with Gasteiger partial charge in [-0.1, -0.05) is 47.6 Å². The molecule has 14 nitrogen and oxygen atoms in total. The highest BCUT2D eigenvalue weighted by atomic mass is 35.5. The van der Waals surface area contributed by atoms with Crippen LogP contribution in [0.5, 0.6) is 0 Å². The molecule has 1 fully saturated rings. The maximum absolute atomic E-state index is 14.9. The summed E-state index contributed by atoms with van der Waals surface area (Å²) in [7, 11) is 3.78. The number of anilines is 1. The van der Waals surface area contributed by atoms with Crippen molar-refractivity contribution in [1.29, 1.82) is 0 Å². The first-order valence-corrected chi connectivity index (χ1v) is 23.1. The molecule has 3 aromatic heterocycles. The lowest BCUT2D eigenvalue weighted by Crippen LogP contribution is -2.57. The minimum atomic E-state index is -0.936. The number of benzene rings is 2. The molecular formula is C47H60ClN11O3S. The van der Waals surface area contributed by atoms with Gasteiger partial charge in [-0.2, -0.15) is 0 Å². The summed E-state index contributed by atoms with van der Waals surface area (Å²) in [5.41, 5.74) is 18.1. The molecule has 7 rings (SSSR count). The number of fused-ring (bicyclic) bond motifs is 3. The van der Waals surface area contributed by atoms with Crippen LogP contribution in [0.15, 0.2) is 83.0 Å². The summed E-state index contributed by atoms with van der Waals surface area (Å²) >= 11 is 8.71. The van der Waals surface area contributed by atoms with E-state index in [0.717, 1.165) is 81.3 Å². The molecule has 2 aliphatic rings. The van der Waals surface area contributed by atoms with Crippen LogP contribution in [-0.4, -0.2) is 114 Å². The fourth-order valence-corrected chi connectivity index (χ4v) is 9.77. The van der Waals surface area contributed by atoms with Gasteiger partial charge in [0.15, 0.2) is 0 Å². The van der Waals surface area contributed by atoms with Gasteiger partial charge in [0.25, 0.3) is 0 Å². The van der Waals surface area contributed by atoms with Crippen molar-refractivity contribution >= 4 is 57.8 Å². The van der Waals surface area contributed by atoms with E-state index in [1.54, 1.807) is 13.2 Å². The lowest BCUT2D eigenvalue weighted by Gasteiger charge is -2.33. The van der Waals surface area contributed by atoms with Gasteiger partial charge in [-0.05, 0) is 123 Å². The Balaban J connectivity index is 1.31. The summed E-state index contributed by atoms with van der Waals surface area (Å²) in [6, 6.07) is 17.4. The van der Waals surface area contributed by atoms with E-state index in [0.29, 0.717) is 61.8 Å². The Morgan fingerprint density at radius 1 is 0.810 bits per heavy atom. The van der Waals surface area contributed by atoms with E-state index in [1.165, 1.54) is 16.7 Å². The van der Waals surface area contributed by atoms with Crippen LogP contribution in [0.25, 0.3) is 22.0 Å². The zero-order chi connectivity index (χ0) is 44.5. The van der Waals surface area contributed by atoms with Crippen LogP contribution in [0.4, 0.5) is 5.82 Å². The van der Waals surface area contributed by atoms with E-state index in [4.69, 9.17) is 33.0 Å². The molecule has 0 unspecified atom stereocenters. The third kappa shape index (κ3) is 11.2. The van der Waals surface area contributed by atoms with Crippen molar-refractivity contribution in [2.75, 3.05) is 58.3 Å². The molecule has 1 saturated heterocycles. The molecule has 334 valence electrons. The summed E-state index contributed by atoms with van der Waals surface area (Å²) < 4.78 is 0. The highest BCUT2D eigenvalue weighted by molar-refractivity contribution is 7.99. The van der Waals surface area contributed by atoms with Crippen LogP contribution < -0.4 is 32.3 Å². The monoisotopic (exact) mass is 893 g/mol. The second kappa shape index (κ2) is 21.6. The molecular weight excluding hydrogens is 834 g/mol. The number of nitrogens with one attached hydrogen (secondary N) is 4. The Morgan fingerprint density at radius 2 is 1.59 bits per heavy atom. The van der Waals surface area contributed by atoms with Gasteiger partial charge in [-0.15, -0.1) is 0 Å². The number of amides is 3. The summed E-state index contributed by atoms with van der Waals surface area (Å²) in [4.78, 5) is 63.7. The fourth-order valence-electron chi connectivity index (χ4n) is 8.42. The SMILES string of the molecule is Cc1[nH]c2ccccc2c1C[C@H]1C(=O)NCc2cc(-c3ccnc(N4CCN(C)CC4)c3)cc(Cl)c2Sc2ncccc2CN[C@@H](CCCN)C(=O)N[C@@H](CCCCN)C(=O)N1C. The predicted molar refractivity (Wildman–Crippen MR) is 252 cm³/mol. The number of halogens is 1. The highest BCUT2D eigenvalue weighted by Crippen LogP contribution is 2.40. The quantitative estimate of drug-likeness (QED) is 0.0980. The molecule has 63 heavy (non-hydrogen) atoms. The molecule has 3 atom stereocenters. The van der Waals surface area contributed by atoms with Crippen LogP contribution in [0.3, 0.4) is 0 Å². The average molecular weight is 895 g/mol. The number of para-hydroxylation sites is 1. The third-order valence-electron chi connectivity index (χ3n) is 12.2. The van der Waals surface area contributed by atoms with Crippen molar-refractivity contribution in [1.82, 2.24) is 40.7 Å². The lowest BCUT2D eigenvalue weighted by atomic mass is 9.99. The maximum Gasteiger partial charge on any atom is 0.245 e. The molecule has 3 amide bonds. The number of likely N-dealkylation sites (N-methyl/N-ethyl adjacent to an activating group) is 2. The van der Waals surface area contributed by atoms with E-state index in [2.05, 4.69) is 49.9 Å². The first kappa shape index (κ1) is 46.0. The first-order chi connectivity index (χ1) is 30.5. The fraction of sp³-hybridized carbons (Fsp3) is 0.426. The lowest BCUT2D eigenvalue weighted by molar-refractivity contribution is -0.142. The molecule has 0 aliphatic carbocycles. The molecule has 2 aromatic carbocycles. The second-order valence-electron chi connectivity index (χ2n) is 16.6. The van der Waals surface area contributed by atoms with Gasteiger partial charge in [0.2, 0.25) is 17.7 Å². The number of rotatable bonds is 11. The number of carbonyl (C=O) groups is 3. The Labute approximate surface area is 379 Å². The topological polar surface area (TPSA) is 191 Å². The van der Waals surface area contributed by atoms with Crippen molar-refractivity contribution in [3.8, 4) is 11.1 Å². The largest absolute Gasteiger partial charge is 0.358 e. The van der Waals surface area contributed by atoms with Crippen LogP contribution in [-0.2, 0) is 33.9 Å². The van der Waals surface area contributed by atoms with Crippen molar-refractivity contribution in [2.24, 2.45) is 11.5 Å². The molecule has 0 bridgehead atoms. The van der Waals surface area contributed by atoms with Crippen molar-refractivity contribution < 1.29 is 14.4 Å². The summed E-state index contributed by atoms with van der Waals surface area (Å²) in [6.45, 7) is 6.95. The number of pyridine rings is 2. The Kier molecular flexibility index (Phi) is 15.7. The van der Waals surface area contributed by atoms with Crippen molar-refractivity contribution in [3.05, 3.63) is 100 Å². The smallest absolute Gasteiger partial charge is 0.245 e. The standard InChI is InChI=1S/C47H60ClN11O3S/c1-30-36(35-11-4-5-12-38(35)55-30)27-41-45(61)54-29-34-24-33(31-15-19-51-42(26-31)59-22-20-57(2)21-23-59)25-37(48)43(34)63-46-32(10-9-18-52-46)28-53-39(14-8-17-50)44(60)56-40(13-6-7-16-49)47(62)58(41)3/h4-5,9-12,15,18-19,24-26,39-41,53,55H,6-8,13-14,16-17,20-23,27-29,49-50H2,1-3H3,(H,54,61)(H,56,60)/t39-,40-,41-/m0/s1. The van der Waals surface area contributed by atoms with Gasteiger partial charge >= 0.3 is 0 Å². The number of aryl methyl sites for hydroxylation is 1. The Morgan fingerprint density at radius 3 is 2.38 bits per heavy atom. The van der Waals surface area contributed by atoms with E-state index >= 15 is 0 Å². The number of carbonyl (C=O) groups excluding carboxylic acids is 3. The summed E-state index contributed by atoms with van der Waals surface area (Å²) in [6.07, 6.45) is 6.51. The van der Waals surface area contributed by atoms with Gasteiger partial charge < -0.3 is 47.1 Å². The molecule has 0 radical (unpaired) electrons. The van der Waals surface area contributed by atoms with Crippen molar-refractivity contribution in [2.45, 2.75) is 86.6 Å². The molecule has 0 saturated carbocycles. The van der Waals surface area contributed by atoms with Crippen LogP contribution in [0.1, 0.15) is 54.5 Å². The summed E-state index contributed by atoms with van der Waals surface area (Å²) in [5, 5.41) is 12.0. The Hall–Kier alpha value is -5.03. The number of nitrogens with two attached hydrogens (primary N) is 2. The maximum atomic E-state index is 14.9. The van der Waals surface area contributed by atoms with E-state index in [9.17, 15) is 14.4 Å². The zero-order valence-electron chi connectivity index (χ0n) is 36.5. The van der Waals surface area contributed by atoms with Crippen LogP contribution in [0, 0.1) is 6.92 Å². The van der Waals surface area contributed by atoms with Crippen molar-refractivity contribution in [3.63, 3.8) is 0 Å². The number of aromatic nitrogens is 3. The Bertz CT molecular complexity index is 2390. The number of hydrogen-bond donors (Lipinski definition) is 6. The molecule has 2 aliphatic heterocycles.